The van der Waals surface area contributed by atoms with Crippen LogP contribution in [0, 0.1) is 6.92 Å². The molecule has 0 aliphatic rings. The fourth-order valence-electron chi connectivity index (χ4n) is 1.67. The highest BCUT2D eigenvalue weighted by Gasteiger charge is 2.03. The Hall–Kier alpha value is -1.07. The van der Waals surface area contributed by atoms with Gasteiger partial charge in [0.25, 0.3) is 0 Å². The maximum Gasteiger partial charge on any atom is 0.205 e. The Labute approximate surface area is 122 Å². The van der Waals surface area contributed by atoms with Crippen molar-refractivity contribution >= 4 is 28.2 Å². The molecular weight excluding hydrogens is 274 g/mol. The van der Waals surface area contributed by atoms with Crippen LogP contribution in [0.25, 0.3) is 0 Å². The van der Waals surface area contributed by atoms with E-state index in [2.05, 4.69) is 53.6 Å². The highest BCUT2D eigenvalue weighted by atomic mass is 32.2. The molecule has 0 amide bonds. The Kier molecular flexibility index (Phi) is 5.66. The minimum Gasteiger partial charge on any atom is -0.360 e. The summed E-state index contributed by atoms with van der Waals surface area (Å²) in [5.74, 6) is 1.96. The molecule has 1 aromatic heterocycles. The Bertz CT molecular complexity index is 511. The van der Waals surface area contributed by atoms with Crippen molar-refractivity contribution in [1.82, 2.24) is 10.2 Å². The van der Waals surface area contributed by atoms with Crippen molar-refractivity contribution in [2.45, 2.75) is 31.8 Å². The lowest BCUT2D eigenvalue weighted by Gasteiger charge is -2.01. The summed E-state index contributed by atoms with van der Waals surface area (Å²) >= 11 is 3.54. The average Bonchev–Trinajstić information content (AvgIpc) is 2.84. The number of anilines is 1. The smallest absolute Gasteiger partial charge is 0.205 e. The van der Waals surface area contributed by atoms with Crippen molar-refractivity contribution in [3.05, 3.63) is 40.4 Å². The van der Waals surface area contributed by atoms with Crippen LogP contribution >= 0.6 is 23.1 Å². The molecule has 0 saturated carbocycles. The van der Waals surface area contributed by atoms with Crippen molar-refractivity contribution in [1.29, 1.82) is 0 Å². The van der Waals surface area contributed by atoms with Crippen molar-refractivity contribution in [3.63, 3.8) is 0 Å². The quantitative estimate of drug-likeness (QED) is 0.834. The van der Waals surface area contributed by atoms with Crippen molar-refractivity contribution in [2.75, 3.05) is 11.9 Å². The number of rotatable bonds is 7. The topological polar surface area (TPSA) is 37.8 Å². The monoisotopic (exact) mass is 293 g/mol. The number of benzene rings is 1. The molecule has 0 bridgehead atoms. The average molecular weight is 293 g/mol. The van der Waals surface area contributed by atoms with Gasteiger partial charge in [-0.2, -0.15) is 0 Å². The lowest BCUT2D eigenvalue weighted by atomic mass is 10.2. The van der Waals surface area contributed by atoms with Crippen molar-refractivity contribution < 1.29 is 0 Å². The van der Waals surface area contributed by atoms with Gasteiger partial charge in [0.15, 0.2) is 0 Å². The van der Waals surface area contributed by atoms with Gasteiger partial charge in [-0.1, -0.05) is 48.1 Å². The molecule has 0 aliphatic heterocycles. The summed E-state index contributed by atoms with van der Waals surface area (Å²) in [5.41, 5.74) is 2.69. The number of aryl methyl sites for hydroxylation is 1. The van der Waals surface area contributed by atoms with E-state index in [1.165, 1.54) is 11.1 Å². The molecule has 2 rings (SSSR count). The van der Waals surface area contributed by atoms with Gasteiger partial charge in [0.2, 0.25) is 5.13 Å². The van der Waals surface area contributed by atoms with E-state index in [4.69, 9.17) is 0 Å². The molecule has 1 aromatic carbocycles. The van der Waals surface area contributed by atoms with Gasteiger partial charge < -0.3 is 5.32 Å². The second kappa shape index (κ2) is 7.50. The van der Waals surface area contributed by atoms with Gasteiger partial charge in [-0.05, 0) is 18.9 Å². The molecule has 0 saturated heterocycles. The third kappa shape index (κ3) is 4.84. The van der Waals surface area contributed by atoms with E-state index in [-0.39, 0.29) is 0 Å². The first kappa shape index (κ1) is 14.3. The molecule has 0 radical (unpaired) electrons. The molecule has 102 valence electrons. The second-order valence-corrected chi connectivity index (χ2v) is 6.46. The molecule has 0 spiro atoms. The van der Waals surface area contributed by atoms with Gasteiger partial charge in [-0.3, -0.25) is 0 Å². The summed E-state index contributed by atoms with van der Waals surface area (Å²) in [6.07, 6.45) is 1.11. The largest absolute Gasteiger partial charge is 0.360 e. The molecular formula is C14H19N3S2. The Morgan fingerprint density at radius 3 is 2.95 bits per heavy atom. The minimum absolute atomic E-state index is 0.930. The summed E-state index contributed by atoms with van der Waals surface area (Å²) in [4.78, 5) is 0. The lowest BCUT2D eigenvalue weighted by Crippen LogP contribution is -1.98. The Balaban J connectivity index is 1.77. The first-order chi connectivity index (χ1) is 9.28. The molecule has 0 fully saturated rings. The van der Waals surface area contributed by atoms with Gasteiger partial charge in [0, 0.05) is 18.1 Å². The Morgan fingerprint density at radius 1 is 1.26 bits per heavy atom. The first-order valence-electron chi connectivity index (χ1n) is 6.47. The van der Waals surface area contributed by atoms with Crippen LogP contribution in [0.15, 0.2) is 24.3 Å². The third-order valence-electron chi connectivity index (χ3n) is 2.57. The molecule has 2 aromatic rings. The summed E-state index contributed by atoms with van der Waals surface area (Å²) < 4.78 is 0. The van der Waals surface area contributed by atoms with E-state index < -0.39 is 0 Å². The van der Waals surface area contributed by atoms with E-state index in [0.717, 1.165) is 34.6 Å². The van der Waals surface area contributed by atoms with Crippen LogP contribution in [0.3, 0.4) is 0 Å². The molecule has 1 N–H and O–H groups in total. The van der Waals surface area contributed by atoms with Crippen LogP contribution in [-0.4, -0.2) is 16.7 Å². The lowest BCUT2D eigenvalue weighted by molar-refractivity contribution is 0.958. The minimum atomic E-state index is 0.930. The zero-order chi connectivity index (χ0) is 13.5. The van der Waals surface area contributed by atoms with Crippen LogP contribution in [-0.2, 0) is 11.5 Å². The van der Waals surface area contributed by atoms with E-state index in [1.807, 2.05) is 11.8 Å². The maximum absolute atomic E-state index is 4.20. The SMILES string of the molecule is CCCNc1nnc(CSCc2cccc(C)c2)s1. The maximum atomic E-state index is 4.20. The van der Waals surface area contributed by atoms with Gasteiger partial charge in [-0.25, -0.2) is 0 Å². The van der Waals surface area contributed by atoms with E-state index in [9.17, 15) is 0 Å². The molecule has 0 unspecified atom stereocenters. The van der Waals surface area contributed by atoms with Crippen LogP contribution in [0.2, 0.25) is 0 Å². The zero-order valence-corrected chi connectivity index (χ0v) is 13.0. The first-order valence-corrected chi connectivity index (χ1v) is 8.44. The molecule has 0 atom stereocenters. The standard InChI is InChI=1S/C14H19N3S2/c1-3-7-15-14-17-16-13(19-14)10-18-9-12-6-4-5-11(2)8-12/h4-6,8H,3,7,9-10H2,1-2H3,(H,15,17). The highest BCUT2D eigenvalue weighted by molar-refractivity contribution is 7.97. The predicted octanol–water partition coefficient (Wildman–Crippen LogP) is 4.10. The number of hydrogen-bond donors (Lipinski definition) is 1. The number of nitrogens with zero attached hydrogens (tertiary/aromatic N) is 2. The summed E-state index contributed by atoms with van der Waals surface area (Å²) in [7, 11) is 0. The van der Waals surface area contributed by atoms with Crippen LogP contribution in [0.4, 0.5) is 5.13 Å². The number of aromatic nitrogens is 2. The summed E-state index contributed by atoms with van der Waals surface area (Å²) in [6, 6.07) is 8.66. The third-order valence-corrected chi connectivity index (χ3v) is 4.65. The van der Waals surface area contributed by atoms with E-state index in [1.54, 1.807) is 11.3 Å². The Morgan fingerprint density at radius 2 is 2.16 bits per heavy atom. The zero-order valence-electron chi connectivity index (χ0n) is 11.3. The van der Waals surface area contributed by atoms with Gasteiger partial charge in [0.05, 0.1) is 0 Å². The molecule has 5 heteroatoms. The summed E-state index contributed by atoms with van der Waals surface area (Å²) in [6.45, 7) is 5.24. The van der Waals surface area contributed by atoms with Crippen LogP contribution in [0.1, 0.15) is 29.5 Å². The summed E-state index contributed by atoms with van der Waals surface area (Å²) in [5, 5.41) is 13.6. The number of nitrogens with one attached hydrogen (secondary N) is 1. The van der Waals surface area contributed by atoms with Gasteiger partial charge in [-0.15, -0.1) is 22.0 Å². The van der Waals surface area contributed by atoms with E-state index >= 15 is 0 Å². The van der Waals surface area contributed by atoms with Gasteiger partial charge >= 0.3 is 0 Å². The molecule has 19 heavy (non-hydrogen) atoms. The van der Waals surface area contributed by atoms with Crippen molar-refractivity contribution in [2.24, 2.45) is 0 Å². The van der Waals surface area contributed by atoms with E-state index in [0.29, 0.717) is 0 Å². The molecule has 1 heterocycles. The van der Waals surface area contributed by atoms with Crippen molar-refractivity contribution in [3.8, 4) is 0 Å². The highest BCUT2D eigenvalue weighted by Crippen LogP contribution is 2.22. The van der Waals surface area contributed by atoms with Crippen LogP contribution < -0.4 is 5.32 Å². The molecule has 3 nitrogen and oxygen atoms in total. The number of thioether (sulfide) groups is 1. The molecule has 0 aliphatic carbocycles. The predicted molar refractivity (Wildman–Crippen MR) is 84.9 cm³/mol. The van der Waals surface area contributed by atoms with Gasteiger partial charge in [0.1, 0.15) is 5.01 Å². The second-order valence-electron chi connectivity index (χ2n) is 4.41. The fraction of sp³-hybridized carbons (Fsp3) is 0.429. The normalized spacial score (nSPS) is 10.6. The fourth-order valence-corrected chi connectivity index (χ4v) is 3.47. The number of hydrogen-bond acceptors (Lipinski definition) is 5. The van der Waals surface area contributed by atoms with Crippen LogP contribution in [0.5, 0.6) is 0 Å².